The molecule has 0 saturated heterocycles. The maximum Gasteiger partial charge on any atom is 0.0897 e. The zero-order valence-electron chi connectivity index (χ0n) is 10.5. The number of thiazole rings is 1. The molecule has 0 radical (unpaired) electrons. The van der Waals surface area contributed by atoms with Crippen LogP contribution < -0.4 is 11.1 Å². The second kappa shape index (κ2) is 6.33. The van der Waals surface area contributed by atoms with Crippen LogP contribution in [0, 0.1) is 6.92 Å². The third kappa shape index (κ3) is 6.20. The fourth-order valence-electron chi connectivity index (χ4n) is 1.53. The number of hydrogen-bond acceptors (Lipinski definition) is 4. The molecule has 16 heavy (non-hydrogen) atoms. The van der Waals surface area contributed by atoms with Gasteiger partial charge in [0.1, 0.15) is 0 Å². The van der Waals surface area contributed by atoms with Crippen molar-refractivity contribution >= 4 is 11.3 Å². The first-order valence-corrected chi connectivity index (χ1v) is 6.76. The van der Waals surface area contributed by atoms with E-state index in [0.29, 0.717) is 0 Å². The van der Waals surface area contributed by atoms with E-state index in [1.807, 2.05) is 6.92 Å². The molecule has 0 unspecified atom stereocenters. The lowest BCUT2D eigenvalue weighted by Crippen LogP contribution is -2.33. The summed E-state index contributed by atoms with van der Waals surface area (Å²) in [5, 5.41) is 6.72. The van der Waals surface area contributed by atoms with E-state index in [2.05, 4.69) is 29.5 Å². The molecule has 3 N–H and O–H groups in total. The standard InChI is InChI=1S/C12H23N3S/c1-10-15-11(9-16-10)5-8-14-7-4-6-12(2,3)13/h9,14H,4-8,13H2,1-3H3. The van der Waals surface area contributed by atoms with E-state index in [1.54, 1.807) is 11.3 Å². The Morgan fingerprint density at radius 2 is 2.19 bits per heavy atom. The molecule has 0 aliphatic rings. The molecule has 3 nitrogen and oxygen atoms in total. The monoisotopic (exact) mass is 241 g/mol. The van der Waals surface area contributed by atoms with Crippen molar-refractivity contribution in [3.8, 4) is 0 Å². The average molecular weight is 241 g/mol. The highest BCUT2D eigenvalue weighted by molar-refractivity contribution is 7.09. The average Bonchev–Trinajstić information content (AvgIpc) is 2.56. The van der Waals surface area contributed by atoms with E-state index in [-0.39, 0.29) is 5.54 Å². The third-order valence-electron chi connectivity index (χ3n) is 2.40. The number of aromatic nitrogens is 1. The number of rotatable bonds is 7. The second-order valence-corrected chi connectivity index (χ2v) is 6.01. The van der Waals surface area contributed by atoms with Crippen LogP contribution in [-0.2, 0) is 6.42 Å². The van der Waals surface area contributed by atoms with Gasteiger partial charge in [0.2, 0.25) is 0 Å². The van der Waals surface area contributed by atoms with Crippen molar-refractivity contribution in [2.75, 3.05) is 13.1 Å². The second-order valence-electron chi connectivity index (χ2n) is 4.95. The van der Waals surface area contributed by atoms with Crippen LogP contribution in [0.1, 0.15) is 37.4 Å². The topological polar surface area (TPSA) is 50.9 Å². The lowest BCUT2D eigenvalue weighted by Gasteiger charge is -2.17. The Kier molecular flexibility index (Phi) is 5.38. The molecule has 0 bridgehead atoms. The van der Waals surface area contributed by atoms with Gasteiger partial charge in [-0.15, -0.1) is 11.3 Å². The lowest BCUT2D eigenvalue weighted by molar-refractivity contribution is 0.449. The van der Waals surface area contributed by atoms with E-state index in [1.165, 1.54) is 5.69 Å². The molecule has 0 amide bonds. The Morgan fingerprint density at radius 1 is 1.44 bits per heavy atom. The number of nitrogens with zero attached hydrogens (tertiary/aromatic N) is 1. The van der Waals surface area contributed by atoms with Crippen LogP contribution in [0.15, 0.2) is 5.38 Å². The highest BCUT2D eigenvalue weighted by Crippen LogP contribution is 2.08. The van der Waals surface area contributed by atoms with Gasteiger partial charge < -0.3 is 11.1 Å². The fraction of sp³-hybridized carbons (Fsp3) is 0.750. The van der Waals surface area contributed by atoms with Crippen molar-refractivity contribution in [3.63, 3.8) is 0 Å². The van der Waals surface area contributed by atoms with Crippen molar-refractivity contribution in [1.29, 1.82) is 0 Å². The molecule has 0 fully saturated rings. The van der Waals surface area contributed by atoms with Crippen LogP contribution in [0.4, 0.5) is 0 Å². The van der Waals surface area contributed by atoms with E-state index in [9.17, 15) is 0 Å². The van der Waals surface area contributed by atoms with Gasteiger partial charge in [-0.05, 0) is 40.2 Å². The van der Waals surface area contributed by atoms with Crippen molar-refractivity contribution in [2.45, 2.75) is 45.6 Å². The molecule has 0 saturated carbocycles. The summed E-state index contributed by atoms with van der Waals surface area (Å²) in [7, 11) is 0. The minimum atomic E-state index is -0.0340. The molecule has 0 aromatic carbocycles. The molecule has 1 rings (SSSR count). The van der Waals surface area contributed by atoms with E-state index >= 15 is 0 Å². The zero-order valence-corrected chi connectivity index (χ0v) is 11.4. The number of nitrogens with two attached hydrogens (primary N) is 1. The Balaban J connectivity index is 2.00. The SMILES string of the molecule is Cc1nc(CCNCCCC(C)(C)N)cs1. The van der Waals surface area contributed by atoms with Gasteiger partial charge in [-0.2, -0.15) is 0 Å². The molecule has 1 heterocycles. The molecule has 1 aromatic rings. The smallest absolute Gasteiger partial charge is 0.0897 e. The Bertz CT molecular complexity index is 301. The summed E-state index contributed by atoms with van der Waals surface area (Å²) in [6.45, 7) is 8.25. The van der Waals surface area contributed by atoms with Crippen LogP contribution >= 0.6 is 11.3 Å². The van der Waals surface area contributed by atoms with E-state index < -0.39 is 0 Å². The maximum atomic E-state index is 5.91. The summed E-state index contributed by atoms with van der Waals surface area (Å²) in [5.74, 6) is 0. The number of aryl methyl sites for hydroxylation is 1. The van der Waals surface area contributed by atoms with Gasteiger partial charge in [-0.1, -0.05) is 0 Å². The Labute approximate surface area is 102 Å². The van der Waals surface area contributed by atoms with Gasteiger partial charge >= 0.3 is 0 Å². The van der Waals surface area contributed by atoms with Crippen LogP contribution in [0.3, 0.4) is 0 Å². The van der Waals surface area contributed by atoms with Crippen molar-refractivity contribution in [2.24, 2.45) is 5.73 Å². The zero-order chi connectivity index (χ0) is 12.0. The minimum absolute atomic E-state index is 0.0340. The normalized spacial score (nSPS) is 12.0. The summed E-state index contributed by atoms with van der Waals surface area (Å²) in [5.41, 5.74) is 7.08. The number of nitrogens with one attached hydrogen (secondary N) is 1. The Morgan fingerprint density at radius 3 is 2.75 bits per heavy atom. The van der Waals surface area contributed by atoms with Gasteiger partial charge in [0, 0.05) is 23.9 Å². The van der Waals surface area contributed by atoms with Crippen molar-refractivity contribution in [1.82, 2.24) is 10.3 Å². The van der Waals surface area contributed by atoms with E-state index in [4.69, 9.17) is 5.73 Å². The molecule has 0 aliphatic heterocycles. The van der Waals surface area contributed by atoms with Gasteiger partial charge in [0.05, 0.1) is 10.7 Å². The van der Waals surface area contributed by atoms with Crippen LogP contribution in [-0.4, -0.2) is 23.6 Å². The predicted molar refractivity (Wildman–Crippen MR) is 70.9 cm³/mol. The lowest BCUT2D eigenvalue weighted by atomic mass is 10.0. The molecule has 0 atom stereocenters. The van der Waals surface area contributed by atoms with Crippen LogP contribution in [0.2, 0.25) is 0 Å². The van der Waals surface area contributed by atoms with Crippen molar-refractivity contribution in [3.05, 3.63) is 16.1 Å². The highest BCUT2D eigenvalue weighted by Gasteiger charge is 2.08. The summed E-state index contributed by atoms with van der Waals surface area (Å²) in [6.07, 6.45) is 3.23. The van der Waals surface area contributed by atoms with E-state index in [0.717, 1.165) is 37.4 Å². The first-order chi connectivity index (χ1) is 7.47. The van der Waals surface area contributed by atoms with Gasteiger partial charge in [-0.25, -0.2) is 4.98 Å². The molecular formula is C12H23N3S. The first kappa shape index (κ1) is 13.6. The third-order valence-corrected chi connectivity index (χ3v) is 3.22. The van der Waals surface area contributed by atoms with Crippen LogP contribution in [0.5, 0.6) is 0 Å². The van der Waals surface area contributed by atoms with Crippen LogP contribution in [0.25, 0.3) is 0 Å². The maximum absolute atomic E-state index is 5.91. The summed E-state index contributed by atoms with van der Waals surface area (Å²) in [4.78, 5) is 4.43. The van der Waals surface area contributed by atoms with Gasteiger partial charge in [0.15, 0.2) is 0 Å². The van der Waals surface area contributed by atoms with Crippen molar-refractivity contribution < 1.29 is 0 Å². The highest BCUT2D eigenvalue weighted by atomic mass is 32.1. The van der Waals surface area contributed by atoms with Gasteiger partial charge in [-0.3, -0.25) is 0 Å². The fourth-order valence-corrected chi connectivity index (χ4v) is 2.18. The molecule has 0 aliphatic carbocycles. The molecule has 0 spiro atoms. The summed E-state index contributed by atoms with van der Waals surface area (Å²) >= 11 is 1.72. The molecule has 1 aromatic heterocycles. The number of hydrogen-bond donors (Lipinski definition) is 2. The molecule has 92 valence electrons. The quantitative estimate of drug-likeness (QED) is 0.719. The summed E-state index contributed by atoms with van der Waals surface area (Å²) in [6, 6.07) is 0. The summed E-state index contributed by atoms with van der Waals surface area (Å²) < 4.78 is 0. The molecular weight excluding hydrogens is 218 g/mol. The largest absolute Gasteiger partial charge is 0.326 e. The minimum Gasteiger partial charge on any atom is -0.326 e. The predicted octanol–water partition coefficient (Wildman–Crippen LogP) is 2.10. The Hall–Kier alpha value is -0.450. The first-order valence-electron chi connectivity index (χ1n) is 5.88. The molecule has 4 heteroatoms. The van der Waals surface area contributed by atoms with Gasteiger partial charge in [0.25, 0.3) is 0 Å².